The van der Waals surface area contributed by atoms with E-state index < -0.39 is 0 Å². The Bertz CT molecular complexity index is 293. The molecule has 1 unspecified atom stereocenters. The zero-order valence-corrected chi connectivity index (χ0v) is 12.4. The van der Waals surface area contributed by atoms with Crippen LogP contribution in [0.2, 0.25) is 0 Å². The molecule has 0 amide bonds. The van der Waals surface area contributed by atoms with Crippen molar-refractivity contribution >= 4 is 11.3 Å². The number of aryl methyl sites for hydroxylation is 1. The summed E-state index contributed by atoms with van der Waals surface area (Å²) in [6.07, 6.45) is 7.89. The van der Waals surface area contributed by atoms with Crippen LogP contribution < -0.4 is 5.32 Å². The van der Waals surface area contributed by atoms with Crippen molar-refractivity contribution in [2.24, 2.45) is 0 Å². The van der Waals surface area contributed by atoms with Gasteiger partial charge in [0.2, 0.25) is 0 Å². The molecule has 0 bridgehead atoms. The molecule has 1 nitrogen and oxygen atoms in total. The second-order valence-electron chi connectivity index (χ2n) is 4.62. The van der Waals surface area contributed by atoms with Crippen LogP contribution in [-0.2, 0) is 6.42 Å². The van der Waals surface area contributed by atoms with Gasteiger partial charge in [-0.2, -0.15) is 0 Å². The molecule has 1 rings (SSSR count). The number of unbranched alkanes of at least 4 members (excludes halogenated alkanes) is 3. The zero-order chi connectivity index (χ0) is 12.5. The van der Waals surface area contributed by atoms with Gasteiger partial charge in [-0.3, -0.25) is 0 Å². The Morgan fingerprint density at radius 2 is 1.94 bits per heavy atom. The maximum absolute atomic E-state index is 3.62. The summed E-state index contributed by atoms with van der Waals surface area (Å²) in [5.74, 6) is 0. The molecule has 0 spiro atoms. The van der Waals surface area contributed by atoms with E-state index in [9.17, 15) is 0 Å². The zero-order valence-electron chi connectivity index (χ0n) is 11.6. The van der Waals surface area contributed by atoms with Gasteiger partial charge in [-0.15, -0.1) is 11.3 Å². The van der Waals surface area contributed by atoms with Crippen LogP contribution in [-0.4, -0.2) is 6.54 Å². The highest BCUT2D eigenvalue weighted by Crippen LogP contribution is 2.27. The van der Waals surface area contributed by atoms with Crippen molar-refractivity contribution in [1.29, 1.82) is 0 Å². The number of rotatable bonds is 9. The average Bonchev–Trinajstić information content (AvgIpc) is 2.82. The fourth-order valence-electron chi connectivity index (χ4n) is 2.14. The molecule has 98 valence electrons. The van der Waals surface area contributed by atoms with Gasteiger partial charge < -0.3 is 5.32 Å². The first-order valence-corrected chi connectivity index (χ1v) is 7.95. The third kappa shape index (κ3) is 5.22. The Morgan fingerprint density at radius 3 is 2.53 bits per heavy atom. The van der Waals surface area contributed by atoms with Crippen molar-refractivity contribution in [3.05, 3.63) is 21.9 Å². The van der Waals surface area contributed by atoms with E-state index >= 15 is 0 Å². The summed E-state index contributed by atoms with van der Waals surface area (Å²) >= 11 is 1.98. The van der Waals surface area contributed by atoms with Gasteiger partial charge >= 0.3 is 0 Å². The van der Waals surface area contributed by atoms with E-state index in [1.807, 2.05) is 11.3 Å². The van der Waals surface area contributed by atoms with Gasteiger partial charge in [0.1, 0.15) is 0 Å². The highest BCUT2D eigenvalue weighted by molar-refractivity contribution is 7.12. The molecule has 0 aromatic carbocycles. The largest absolute Gasteiger partial charge is 0.310 e. The summed E-state index contributed by atoms with van der Waals surface area (Å²) in [5, 5.41) is 3.62. The van der Waals surface area contributed by atoms with E-state index in [-0.39, 0.29) is 0 Å². The molecule has 1 heterocycles. The maximum atomic E-state index is 3.62. The van der Waals surface area contributed by atoms with Gasteiger partial charge in [0, 0.05) is 15.8 Å². The molecule has 17 heavy (non-hydrogen) atoms. The maximum Gasteiger partial charge on any atom is 0.0414 e. The first-order chi connectivity index (χ1) is 8.31. The Labute approximate surface area is 111 Å². The Hall–Kier alpha value is -0.340. The van der Waals surface area contributed by atoms with Crippen molar-refractivity contribution < 1.29 is 0 Å². The second kappa shape index (κ2) is 8.71. The monoisotopic (exact) mass is 253 g/mol. The van der Waals surface area contributed by atoms with Crippen LogP contribution in [0.5, 0.6) is 0 Å². The van der Waals surface area contributed by atoms with Crippen LogP contribution in [0.15, 0.2) is 12.1 Å². The van der Waals surface area contributed by atoms with E-state index in [2.05, 4.69) is 38.2 Å². The summed E-state index contributed by atoms with van der Waals surface area (Å²) in [6.45, 7) is 7.78. The quantitative estimate of drug-likeness (QED) is 0.615. The molecule has 0 fully saturated rings. The van der Waals surface area contributed by atoms with E-state index in [1.165, 1.54) is 48.3 Å². The van der Waals surface area contributed by atoms with Crippen LogP contribution in [0.3, 0.4) is 0 Å². The molecule has 0 aliphatic rings. The fraction of sp³-hybridized carbons (Fsp3) is 0.733. The lowest BCUT2D eigenvalue weighted by Gasteiger charge is -2.16. The van der Waals surface area contributed by atoms with Gasteiger partial charge in [-0.25, -0.2) is 0 Å². The van der Waals surface area contributed by atoms with Gasteiger partial charge in [0.05, 0.1) is 0 Å². The molecular weight excluding hydrogens is 226 g/mol. The third-order valence-corrected chi connectivity index (χ3v) is 4.51. The molecule has 1 aromatic rings. The fourth-order valence-corrected chi connectivity index (χ4v) is 3.20. The van der Waals surface area contributed by atoms with Crippen LogP contribution >= 0.6 is 11.3 Å². The Balaban J connectivity index is 2.46. The Morgan fingerprint density at radius 1 is 1.12 bits per heavy atom. The van der Waals surface area contributed by atoms with Gasteiger partial charge in [-0.1, -0.05) is 46.5 Å². The molecule has 0 saturated carbocycles. The lowest BCUT2D eigenvalue weighted by Crippen LogP contribution is -2.19. The van der Waals surface area contributed by atoms with Crippen LogP contribution in [0.4, 0.5) is 0 Å². The van der Waals surface area contributed by atoms with Gasteiger partial charge in [0.25, 0.3) is 0 Å². The number of hydrogen-bond acceptors (Lipinski definition) is 2. The van der Waals surface area contributed by atoms with E-state index in [0.717, 1.165) is 6.54 Å². The Kier molecular flexibility index (Phi) is 7.54. The van der Waals surface area contributed by atoms with Gasteiger partial charge in [-0.05, 0) is 31.5 Å². The van der Waals surface area contributed by atoms with Crippen molar-refractivity contribution in [2.45, 2.75) is 65.3 Å². The van der Waals surface area contributed by atoms with Crippen LogP contribution in [0, 0.1) is 0 Å². The molecule has 1 N–H and O–H groups in total. The smallest absolute Gasteiger partial charge is 0.0414 e. The van der Waals surface area contributed by atoms with Crippen molar-refractivity contribution in [1.82, 2.24) is 5.32 Å². The highest BCUT2D eigenvalue weighted by atomic mass is 32.1. The van der Waals surface area contributed by atoms with E-state index in [4.69, 9.17) is 0 Å². The van der Waals surface area contributed by atoms with Crippen LogP contribution in [0.1, 0.15) is 68.7 Å². The molecule has 1 aromatic heterocycles. The summed E-state index contributed by atoms with van der Waals surface area (Å²) in [6, 6.07) is 5.19. The number of nitrogens with one attached hydrogen (secondary N) is 1. The predicted molar refractivity (Wildman–Crippen MR) is 78.9 cm³/mol. The molecule has 0 aliphatic carbocycles. The lowest BCUT2D eigenvalue weighted by molar-refractivity contribution is 0.488. The third-order valence-electron chi connectivity index (χ3n) is 3.17. The molecule has 1 atom stereocenters. The standard InChI is InChI=1S/C15H27NS/c1-4-7-8-9-10-14(16-6-3)15-12-11-13(5-2)17-15/h11-12,14,16H,4-10H2,1-3H3. The highest BCUT2D eigenvalue weighted by Gasteiger charge is 2.11. The lowest BCUT2D eigenvalue weighted by atomic mass is 10.1. The first-order valence-electron chi connectivity index (χ1n) is 7.13. The molecule has 0 radical (unpaired) electrons. The predicted octanol–water partition coefficient (Wildman–Crippen LogP) is 4.93. The average molecular weight is 253 g/mol. The summed E-state index contributed by atoms with van der Waals surface area (Å²) in [4.78, 5) is 3.04. The minimum atomic E-state index is 0.585. The number of hydrogen-bond donors (Lipinski definition) is 1. The number of thiophene rings is 1. The SMILES string of the molecule is CCCCCCC(NCC)c1ccc(CC)s1. The van der Waals surface area contributed by atoms with Crippen molar-refractivity contribution in [2.75, 3.05) is 6.54 Å². The summed E-state index contributed by atoms with van der Waals surface area (Å²) in [7, 11) is 0. The normalized spacial score (nSPS) is 12.9. The minimum absolute atomic E-state index is 0.585. The first kappa shape index (κ1) is 14.7. The van der Waals surface area contributed by atoms with Crippen molar-refractivity contribution in [3.8, 4) is 0 Å². The van der Waals surface area contributed by atoms with Gasteiger partial charge in [0.15, 0.2) is 0 Å². The topological polar surface area (TPSA) is 12.0 Å². The minimum Gasteiger partial charge on any atom is -0.310 e. The summed E-state index contributed by atoms with van der Waals surface area (Å²) in [5.41, 5.74) is 0. The van der Waals surface area contributed by atoms with E-state index in [1.54, 1.807) is 0 Å². The molecule has 0 saturated heterocycles. The molecule has 0 aliphatic heterocycles. The molecule has 2 heteroatoms. The van der Waals surface area contributed by atoms with Crippen LogP contribution in [0.25, 0.3) is 0 Å². The van der Waals surface area contributed by atoms with Crippen molar-refractivity contribution in [3.63, 3.8) is 0 Å². The summed E-state index contributed by atoms with van der Waals surface area (Å²) < 4.78 is 0. The second-order valence-corrected chi connectivity index (χ2v) is 5.82. The molecular formula is C15H27NS. The van der Waals surface area contributed by atoms with E-state index in [0.29, 0.717) is 6.04 Å².